The molecule has 0 unspecified atom stereocenters. The number of H-pyrrole nitrogens is 1. The molecule has 0 aliphatic carbocycles. The molecule has 8 nitrogen and oxygen atoms in total. The minimum Gasteiger partial charge on any atom is -0.391 e. The Kier molecular flexibility index (Phi) is 5.18. The Labute approximate surface area is 180 Å². The third-order valence-corrected chi connectivity index (χ3v) is 4.83. The molecule has 0 fully saturated rings. The van der Waals surface area contributed by atoms with Crippen molar-refractivity contribution in [2.75, 3.05) is 0 Å². The fraction of sp³-hybridized carbons (Fsp3) is 0. The van der Waals surface area contributed by atoms with E-state index in [1.54, 1.807) is 30.3 Å². The zero-order chi connectivity index (χ0) is 22.8. The molecule has 1 heterocycles. The van der Waals surface area contributed by atoms with Gasteiger partial charge in [0.25, 0.3) is 5.56 Å². The standard InChI is InChI=1S/C23H14FN5O3/c24-17-7-4-14(5-8-17)15-6-9-18-19(11-15)27-21(23(30)28-18)20(26)22(29(31)32)16-3-1-2-13(10-16)12-25/h1-11H,26H2,(H,28,30)/b22-20+. The second-order valence-electron chi connectivity index (χ2n) is 6.87. The van der Waals surface area contributed by atoms with Gasteiger partial charge in [-0.15, -0.1) is 0 Å². The van der Waals surface area contributed by atoms with Crippen molar-refractivity contribution in [1.82, 2.24) is 9.97 Å². The van der Waals surface area contributed by atoms with Crippen LogP contribution in [0.4, 0.5) is 4.39 Å². The molecule has 3 N–H and O–H groups in total. The fourth-order valence-electron chi connectivity index (χ4n) is 3.29. The maximum absolute atomic E-state index is 13.2. The molecule has 0 bridgehead atoms. The van der Waals surface area contributed by atoms with Crippen LogP contribution in [0.2, 0.25) is 0 Å². The summed E-state index contributed by atoms with van der Waals surface area (Å²) in [5.74, 6) is -0.370. The van der Waals surface area contributed by atoms with Gasteiger partial charge in [0.05, 0.1) is 33.2 Å². The Morgan fingerprint density at radius 1 is 1.09 bits per heavy atom. The van der Waals surface area contributed by atoms with E-state index >= 15 is 0 Å². The summed E-state index contributed by atoms with van der Waals surface area (Å²) < 4.78 is 13.2. The lowest BCUT2D eigenvalue weighted by Crippen LogP contribution is -2.20. The maximum atomic E-state index is 13.2. The molecule has 4 rings (SSSR count). The third-order valence-electron chi connectivity index (χ3n) is 4.83. The number of benzene rings is 3. The van der Waals surface area contributed by atoms with Crippen molar-refractivity contribution in [2.24, 2.45) is 5.73 Å². The van der Waals surface area contributed by atoms with Crippen molar-refractivity contribution in [3.8, 4) is 17.2 Å². The van der Waals surface area contributed by atoms with Crippen LogP contribution in [0.1, 0.15) is 16.8 Å². The first-order chi connectivity index (χ1) is 15.4. The van der Waals surface area contributed by atoms with E-state index in [1.807, 2.05) is 6.07 Å². The Hall–Kier alpha value is -4.84. The maximum Gasteiger partial charge on any atom is 0.301 e. The Morgan fingerprint density at radius 2 is 1.81 bits per heavy atom. The number of hydrogen-bond donors (Lipinski definition) is 2. The van der Waals surface area contributed by atoms with E-state index < -0.39 is 21.9 Å². The lowest BCUT2D eigenvalue weighted by atomic mass is 10.0. The molecule has 9 heteroatoms. The van der Waals surface area contributed by atoms with E-state index in [1.165, 1.54) is 36.4 Å². The minimum atomic E-state index is -0.716. The molecule has 0 saturated carbocycles. The van der Waals surface area contributed by atoms with Crippen molar-refractivity contribution in [3.05, 3.63) is 110 Å². The van der Waals surface area contributed by atoms with Crippen LogP contribution in [-0.2, 0) is 0 Å². The summed E-state index contributed by atoms with van der Waals surface area (Å²) in [6.07, 6.45) is 0. The first kappa shape index (κ1) is 20.4. The third kappa shape index (κ3) is 3.80. The molecule has 0 radical (unpaired) electrons. The van der Waals surface area contributed by atoms with E-state index in [0.29, 0.717) is 16.6 Å². The van der Waals surface area contributed by atoms with Gasteiger partial charge in [0.1, 0.15) is 11.5 Å². The second-order valence-corrected chi connectivity index (χ2v) is 6.87. The average molecular weight is 427 g/mol. The highest BCUT2D eigenvalue weighted by Gasteiger charge is 2.24. The van der Waals surface area contributed by atoms with E-state index in [2.05, 4.69) is 9.97 Å². The van der Waals surface area contributed by atoms with Gasteiger partial charge in [-0.25, -0.2) is 9.37 Å². The van der Waals surface area contributed by atoms with Crippen molar-refractivity contribution >= 4 is 22.4 Å². The van der Waals surface area contributed by atoms with Crippen molar-refractivity contribution in [3.63, 3.8) is 0 Å². The van der Waals surface area contributed by atoms with Gasteiger partial charge in [-0.1, -0.05) is 24.3 Å². The number of nitrogens with zero attached hydrogens (tertiary/aromatic N) is 3. The average Bonchev–Trinajstić information content (AvgIpc) is 2.79. The zero-order valence-electron chi connectivity index (χ0n) is 16.4. The second kappa shape index (κ2) is 8.12. The van der Waals surface area contributed by atoms with E-state index in [0.717, 1.165) is 5.56 Å². The van der Waals surface area contributed by atoms with Crippen molar-refractivity contribution in [1.29, 1.82) is 5.26 Å². The number of halogens is 1. The number of nitrogens with one attached hydrogen (secondary N) is 1. The lowest BCUT2D eigenvalue weighted by Gasteiger charge is -2.07. The molecule has 0 amide bonds. The molecule has 3 aromatic carbocycles. The number of aromatic nitrogens is 2. The van der Waals surface area contributed by atoms with E-state index in [9.17, 15) is 19.3 Å². The van der Waals surface area contributed by atoms with Gasteiger partial charge in [-0.3, -0.25) is 14.9 Å². The molecular weight excluding hydrogens is 413 g/mol. The SMILES string of the molecule is N#Cc1cccc(/C(=C(\N)c2nc3cc(-c4ccc(F)cc4)ccc3[nH]c2=O)[N+](=O)[O-])c1. The number of nitro groups is 1. The molecule has 0 aliphatic heterocycles. The topological polar surface area (TPSA) is 139 Å². The Morgan fingerprint density at radius 3 is 2.50 bits per heavy atom. The van der Waals surface area contributed by atoms with E-state index in [4.69, 9.17) is 11.0 Å². The quantitative estimate of drug-likeness (QED) is 0.376. The smallest absolute Gasteiger partial charge is 0.301 e. The van der Waals surface area contributed by atoms with Gasteiger partial charge in [0.2, 0.25) is 0 Å². The highest BCUT2D eigenvalue weighted by Crippen LogP contribution is 2.25. The summed E-state index contributed by atoms with van der Waals surface area (Å²) in [6.45, 7) is 0. The first-order valence-electron chi connectivity index (χ1n) is 9.32. The van der Waals surface area contributed by atoms with Gasteiger partial charge >= 0.3 is 5.70 Å². The van der Waals surface area contributed by atoms with Crippen LogP contribution < -0.4 is 11.3 Å². The monoisotopic (exact) mass is 427 g/mol. The highest BCUT2D eigenvalue weighted by atomic mass is 19.1. The van der Waals surface area contributed by atoms with Gasteiger partial charge in [-0.2, -0.15) is 5.26 Å². The summed E-state index contributed by atoms with van der Waals surface area (Å²) >= 11 is 0. The summed E-state index contributed by atoms with van der Waals surface area (Å²) in [5.41, 5.74) is 6.55. The van der Waals surface area contributed by atoms with Crippen LogP contribution in [0.15, 0.2) is 71.5 Å². The van der Waals surface area contributed by atoms with Crippen LogP contribution in [0, 0.1) is 27.3 Å². The van der Waals surface area contributed by atoms with Crippen LogP contribution in [0.25, 0.3) is 33.6 Å². The number of rotatable bonds is 4. The number of aromatic amines is 1. The molecule has 0 saturated heterocycles. The summed E-state index contributed by atoms with van der Waals surface area (Å²) in [7, 11) is 0. The molecule has 1 aromatic heterocycles. The number of hydrogen-bond acceptors (Lipinski definition) is 6. The summed E-state index contributed by atoms with van der Waals surface area (Å²) in [6, 6.07) is 18.5. The number of nitrogens with two attached hydrogens (primary N) is 1. The molecule has 32 heavy (non-hydrogen) atoms. The van der Waals surface area contributed by atoms with Crippen molar-refractivity contribution < 1.29 is 9.31 Å². The molecule has 156 valence electrons. The summed E-state index contributed by atoms with van der Waals surface area (Å²) in [4.78, 5) is 30.6. The van der Waals surface area contributed by atoms with Crippen LogP contribution in [-0.4, -0.2) is 14.9 Å². The number of fused-ring (bicyclic) bond motifs is 1. The largest absolute Gasteiger partial charge is 0.391 e. The number of nitriles is 1. The van der Waals surface area contributed by atoms with Crippen LogP contribution in [0.5, 0.6) is 0 Å². The van der Waals surface area contributed by atoms with E-state index in [-0.39, 0.29) is 22.6 Å². The molecule has 4 aromatic rings. The molecule has 0 aliphatic rings. The molecule has 0 atom stereocenters. The van der Waals surface area contributed by atoms with Gasteiger partial charge in [0, 0.05) is 0 Å². The Balaban J connectivity index is 1.90. The normalized spacial score (nSPS) is 11.6. The fourth-order valence-corrected chi connectivity index (χ4v) is 3.29. The summed E-state index contributed by atoms with van der Waals surface area (Å²) in [5, 5.41) is 20.9. The predicted octanol–water partition coefficient (Wildman–Crippen LogP) is 3.66. The highest BCUT2D eigenvalue weighted by molar-refractivity contribution is 5.87. The Bertz CT molecular complexity index is 1500. The van der Waals surface area contributed by atoms with Gasteiger partial charge in [0.15, 0.2) is 5.69 Å². The minimum absolute atomic E-state index is 0.0768. The van der Waals surface area contributed by atoms with Crippen molar-refractivity contribution in [2.45, 2.75) is 0 Å². The molecular formula is C23H14FN5O3. The first-order valence-corrected chi connectivity index (χ1v) is 9.32. The van der Waals surface area contributed by atoms with Gasteiger partial charge < -0.3 is 10.7 Å². The lowest BCUT2D eigenvalue weighted by molar-refractivity contribution is -0.374. The predicted molar refractivity (Wildman–Crippen MR) is 117 cm³/mol. The van der Waals surface area contributed by atoms with Crippen LogP contribution >= 0.6 is 0 Å². The van der Waals surface area contributed by atoms with Crippen LogP contribution in [0.3, 0.4) is 0 Å². The molecule has 0 spiro atoms. The zero-order valence-corrected chi connectivity index (χ0v) is 16.4. The van der Waals surface area contributed by atoms with Gasteiger partial charge in [-0.05, 0) is 53.6 Å².